The molecule has 0 spiro atoms. The Balaban J connectivity index is 1.62. The Kier molecular flexibility index (Phi) is 6.20. The summed E-state index contributed by atoms with van der Waals surface area (Å²) in [5.74, 6) is 7.65. The van der Waals surface area contributed by atoms with Crippen LogP contribution >= 0.6 is 11.6 Å². The van der Waals surface area contributed by atoms with Crippen molar-refractivity contribution in [2.75, 3.05) is 0 Å². The van der Waals surface area contributed by atoms with E-state index in [0.29, 0.717) is 24.7 Å². The molecule has 0 saturated heterocycles. The molecule has 0 amide bonds. The van der Waals surface area contributed by atoms with Crippen molar-refractivity contribution < 1.29 is 9.90 Å². The van der Waals surface area contributed by atoms with Gasteiger partial charge in [0.1, 0.15) is 13.7 Å². The maximum absolute atomic E-state index is 12.2. The molecule has 0 heterocycles. The van der Waals surface area contributed by atoms with E-state index in [9.17, 15) is 9.90 Å². The standard InChI is InChI=1S/C31H35ClO2Si/c1-30-20-27(22-7-5-21(6-8-22)14-18-35(2,3)4)29-25-12-10-24(33)19-23(25)9-11-26(29)28(30)13-15-31(30,34)16-17-32/h5-8,19,26-28,34H,9-13,15,20H2,1-4H3/t26-,27+,28-,30+,31?/m0/s1. The molecule has 0 aromatic heterocycles. The number of carbonyl (C=O) groups excluding carboxylic acids is 1. The fourth-order valence-corrected chi connectivity index (χ4v) is 7.98. The van der Waals surface area contributed by atoms with Gasteiger partial charge in [-0.3, -0.25) is 4.79 Å². The van der Waals surface area contributed by atoms with Crippen molar-refractivity contribution >= 4 is 25.5 Å². The smallest absolute Gasteiger partial charge is 0.156 e. The van der Waals surface area contributed by atoms with E-state index in [4.69, 9.17) is 11.6 Å². The first-order valence-corrected chi connectivity index (χ1v) is 16.9. The van der Waals surface area contributed by atoms with E-state index >= 15 is 0 Å². The lowest BCUT2D eigenvalue weighted by atomic mass is 9.51. The molecule has 1 aromatic rings. The van der Waals surface area contributed by atoms with Crippen molar-refractivity contribution in [3.8, 4) is 22.8 Å². The lowest BCUT2D eigenvalue weighted by Gasteiger charge is -2.53. The van der Waals surface area contributed by atoms with Crippen molar-refractivity contribution in [1.82, 2.24) is 0 Å². The number of fused-ring (bicyclic) bond motifs is 4. The number of aliphatic hydroxyl groups is 1. The zero-order valence-electron chi connectivity index (χ0n) is 21.3. The zero-order chi connectivity index (χ0) is 25.0. The van der Waals surface area contributed by atoms with Crippen LogP contribution in [0.3, 0.4) is 0 Å². The van der Waals surface area contributed by atoms with E-state index < -0.39 is 13.7 Å². The minimum atomic E-state index is -1.44. The summed E-state index contributed by atoms with van der Waals surface area (Å²) in [6, 6.07) is 8.78. The zero-order valence-corrected chi connectivity index (χ0v) is 23.1. The predicted octanol–water partition coefficient (Wildman–Crippen LogP) is 6.75. The minimum absolute atomic E-state index is 0.203. The van der Waals surface area contributed by atoms with Crippen LogP contribution < -0.4 is 0 Å². The molecular formula is C31H35ClO2Si. The van der Waals surface area contributed by atoms with Gasteiger partial charge in [-0.05, 0) is 96.9 Å². The van der Waals surface area contributed by atoms with Gasteiger partial charge in [-0.15, -0.1) is 5.54 Å². The molecule has 2 saturated carbocycles. The van der Waals surface area contributed by atoms with Gasteiger partial charge in [-0.2, -0.15) is 0 Å². The van der Waals surface area contributed by atoms with E-state index in [0.717, 1.165) is 37.7 Å². The maximum atomic E-state index is 12.2. The largest absolute Gasteiger partial charge is 0.377 e. The van der Waals surface area contributed by atoms with Crippen LogP contribution in [0.15, 0.2) is 47.1 Å². The Labute approximate surface area is 216 Å². The third-order valence-corrected chi connectivity index (χ3v) is 10.0. The van der Waals surface area contributed by atoms with E-state index in [1.807, 2.05) is 6.08 Å². The summed E-state index contributed by atoms with van der Waals surface area (Å²) in [6.07, 6.45) is 7.85. The molecule has 0 radical (unpaired) electrons. The highest BCUT2D eigenvalue weighted by atomic mass is 35.5. The van der Waals surface area contributed by atoms with E-state index in [2.05, 4.69) is 73.6 Å². The Bertz CT molecular complexity index is 1240. The number of carbonyl (C=O) groups is 1. The Morgan fingerprint density at radius 3 is 2.51 bits per heavy atom. The van der Waals surface area contributed by atoms with Gasteiger partial charge in [0, 0.05) is 28.7 Å². The van der Waals surface area contributed by atoms with Gasteiger partial charge in [0.2, 0.25) is 0 Å². The third kappa shape index (κ3) is 4.27. The molecule has 2 nitrogen and oxygen atoms in total. The molecule has 1 unspecified atom stereocenters. The van der Waals surface area contributed by atoms with Crippen LogP contribution in [0, 0.1) is 40.0 Å². The molecule has 4 aliphatic rings. The van der Waals surface area contributed by atoms with Crippen LogP contribution in [0.25, 0.3) is 0 Å². The number of hydrogen-bond donors (Lipinski definition) is 1. The Hall–Kier alpha value is -2.04. The summed E-state index contributed by atoms with van der Waals surface area (Å²) in [6.45, 7) is 9.02. The first-order chi connectivity index (χ1) is 16.5. The Morgan fingerprint density at radius 1 is 1.09 bits per heavy atom. The number of rotatable bonds is 1. The average molecular weight is 503 g/mol. The number of hydrogen-bond acceptors (Lipinski definition) is 2. The number of halogens is 1. The number of benzene rings is 1. The lowest BCUT2D eigenvalue weighted by molar-refractivity contribution is -0.114. The van der Waals surface area contributed by atoms with Crippen LogP contribution in [0.4, 0.5) is 0 Å². The SMILES string of the molecule is C[C@@]12C[C@H](c3ccc(C#C[Si](C)(C)C)cc3)C3=C4CCC(=O)C=C4CC[C@H]3[C@@H]1CCC2(O)C#CCl. The fraction of sp³-hybridized carbons (Fsp3) is 0.516. The van der Waals surface area contributed by atoms with Gasteiger partial charge in [0.15, 0.2) is 5.78 Å². The maximum Gasteiger partial charge on any atom is 0.156 e. The second-order valence-corrected chi connectivity index (χ2v) is 17.2. The molecule has 35 heavy (non-hydrogen) atoms. The Morgan fingerprint density at radius 2 is 1.83 bits per heavy atom. The highest BCUT2D eigenvalue weighted by molar-refractivity contribution is 6.83. The number of allylic oxidation sites excluding steroid dienone is 4. The summed E-state index contributed by atoms with van der Waals surface area (Å²) in [7, 11) is -1.44. The van der Waals surface area contributed by atoms with E-state index in [-0.39, 0.29) is 17.1 Å². The van der Waals surface area contributed by atoms with Crippen LogP contribution in [0.2, 0.25) is 19.6 Å². The van der Waals surface area contributed by atoms with Crippen molar-refractivity contribution in [3.63, 3.8) is 0 Å². The molecule has 2 fully saturated rings. The lowest BCUT2D eigenvalue weighted by Crippen LogP contribution is -2.51. The van der Waals surface area contributed by atoms with Crippen molar-refractivity contribution in [2.24, 2.45) is 17.3 Å². The van der Waals surface area contributed by atoms with Gasteiger partial charge in [-0.1, -0.05) is 56.1 Å². The summed E-state index contributed by atoms with van der Waals surface area (Å²) in [5, 5.41) is 14.2. The minimum Gasteiger partial charge on any atom is -0.377 e. The van der Waals surface area contributed by atoms with Gasteiger partial charge in [-0.25, -0.2) is 0 Å². The molecular weight excluding hydrogens is 468 g/mol. The summed E-state index contributed by atoms with van der Waals surface area (Å²) >= 11 is 5.86. The average Bonchev–Trinajstić information content (AvgIpc) is 3.07. The first-order valence-electron chi connectivity index (χ1n) is 13.0. The highest BCUT2D eigenvalue weighted by Crippen LogP contribution is 2.66. The molecule has 0 bridgehead atoms. The molecule has 4 heteroatoms. The highest BCUT2D eigenvalue weighted by Gasteiger charge is 2.62. The summed E-state index contributed by atoms with van der Waals surface area (Å²) in [4.78, 5) is 12.2. The van der Waals surface area contributed by atoms with Gasteiger partial charge in [0.25, 0.3) is 0 Å². The predicted molar refractivity (Wildman–Crippen MR) is 146 cm³/mol. The summed E-state index contributed by atoms with van der Waals surface area (Å²) < 4.78 is 0. The normalized spacial score (nSPS) is 33.9. The summed E-state index contributed by atoms with van der Waals surface area (Å²) in [5.41, 5.74) is 8.63. The second-order valence-electron chi connectivity index (χ2n) is 12.2. The van der Waals surface area contributed by atoms with Crippen LogP contribution in [0.1, 0.15) is 68.9 Å². The molecule has 182 valence electrons. The van der Waals surface area contributed by atoms with Crippen molar-refractivity contribution in [2.45, 2.75) is 83.0 Å². The van der Waals surface area contributed by atoms with E-state index in [1.54, 1.807) is 0 Å². The molecule has 0 aliphatic heterocycles. The molecule has 5 atom stereocenters. The van der Waals surface area contributed by atoms with Crippen LogP contribution in [0.5, 0.6) is 0 Å². The van der Waals surface area contributed by atoms with Crippen molar-refractivity contribution in [3.05, 3.63) is 58.2 Å². The number of ketones is 1. The van der Waals surface area contributed by atoms with Crippen molar-refractivity contribution in [1.29, 1.82) is 0 Å². The quantitative estimate of drug-likeness (QED) is 0.341. The molecule has 1 aromatic carbocycles. The first kappa shape index (κ1) is 24.6. The topological polar surface area (TPSA) is 37.3 Å². The van der Waals surface area contributed by atoms with Gasteiger partial charge in [0.05, 0.1) is 0 Å². The molecule has 5 rings (SSSR count). The fourth-order valence-electron chi connectivity index (χ4n) is 7.31. The van der Waals surface area contributed by atoms with Crippen LogP contribution in [-0.4, -0.2) is 24.6 Å². The third-order valence-electron chi connectivity index (χ3n) is 9.04. The van der Waals surface area contributed by atoms with Crippen LogP contribution in [-0.2, 0) is 4.79 Å². The van der Waals surface area contributed by atoms with E-state index in [1.165, 1.54) is 22.3 Å². The van der Waals surface area contributed by atoms with Gasteiger partial charge >= 0.3 is 0 Å². The molecule has 4 aliphatic carbocycles. The monoisotopic (exact) mass is 502 g/mol. The second kappa shape index (κ2) is 8.81. The molecule has 1 N–H and O–H groups in total. The van der Waals surface area contributed by atoms with Gasteiger partial charge < -0.3 is 5.11 Å².